The van der Waals surface area contributed by atoms with Crippen LogP contribution in [-0.4, -0.2) is 37.3 Å². The number of amides is 2. The van der Waals surface area contributed by atoms with E-state index in [2.05, 4.69) is 20.5 Å². The van der Waals surface area contributed by atoms with E-state index >= 15 is 0 Å². The number of hydrogen-bond donors (Lipinski definition) is 2. The number of morpholine rings is 1. The van der Waals surface area contributed by atoms with E-state index in [1.165, 1.54) is 11.3 Å². The van der Waals surface area contributed by atoms with E-state index in [-0.39, 0.29) is 12.1 Å². The van der Waals surface area contributed by atoms with Crippen molar-refractivity contribution in [3.05, 3.63) is 39.8 Å². The molecular weight excluding hydrogens is 360 g/mol. The second-order valence-electron chi connectivity index (χ2n) is 5.69. The van der Waals surface area contributed by atoms with Crippen LogP contribution in [-0.2, 0) is 4.74 Å². The molecule has 0 radical (unpaired) electrons. The fourth-order valence-corrected chi connectivity index (χ4v) is 3.63. The average Bonchev–Trinajstić information content (AvgIpc) is 3.17. The molecule has 2 heterocycles. The van der Waals surface area contributed by atoms with Crippen molar-refractivity contribution >= 4 is 40.3 Å². The lowest BCUT2D eigenvalue weighted by atomic mass is 10.2. The number of nitrogens with zero attached hydrogens (tertiary/aromatic N) is 2. The molecule has 1 saturated heterocycles. The largest absolute Gasteiger partial charge is 0.378 e. The van der Waals surface area contributed by atoms with E-state index in [9.17, 15) is 4.79 Å². The number of halogens is 1. The van der Waals surface area contributed by atoms with Gasteiger partial charge < -0.3 is 20.3 Å². The molecular formula is C17H21ClN4O2S. The highest BCUT2D eigenvalue weighted by Crippen LogP contribution is 2.28. The van der Waals surface area contributed by atoms with Crippen LogP contribution in [0.3, 0.4) is 0 Å². The summed E-state index contributed by atoms with van der Waals surface area (Å²) >= 11 is 7.78. The molecule has 3 rings (SSSR count). The summed E-state index contributed by atoms with van der Waals surface area (Å²) < 4.78 is 5.38. The highest BCUT2D eigenvalue weighted by atomic mass is 35.5. The van der Waals surface area contributed by atoms with Crippen LogP contribution in [0.25, 0.3) is 0 Å². The lowest BCUT2D eigenvalue weighted by Gasteiger charge is -2.29. The highest BCUT2D eigenvalue weighted by molar-refractivity contribution is 7.09. The molecule has 1 aromatic heterocycles. The van der Waals surface area contributed by atoms with Gasteiger partial charge >= 0.3 is 6.03 Å². The number of carbonyl (C=O) groups excluding carboxylic acids is 1. The maximum absolute atomic E-state index is 12.4. The van der Waals surface area contributed by atoms with E-state index < -0.39 is 0 Å². The van der Waals surface area contributed by atoms with E-state index in [1.807, 2.05) is 24.4 Å². The maximum Gasteiger partial charge on any atom is 0.319 e. The van der Waals surface area contributed by atoms with Crippen molar-refractivity contribution in [3.63, 3.8) is 0 Å². The maximum atomic E-state index is 12.4. The minimum absolute atomic E-state index is 0.110. The molecule has 2 amide bonds. The van der Waals surface area contributed by atoms with Gasteiger partial charge in [0.2, 0.25) is 0 Å². The Kier molecular flexibility index (Phi) is 6.12. The van der Waals surface area contributed by atoms with E-state index in [4.69, 9.17) is 16.3 Å². The molecule has 134 valence electrons. The molecule has 1 unspecified atom stereocenters. The normalized spacial score (nSPS) is 15.7. The smallest absolute Gasteiger partial charge is 0.319 e. The summed E-state index contributed by atoms with van der Waals surface area (Å²) in [5.41, 5.74) is 1.62. The number of hydrogen-bond acceptors (Lipinski definition) is 5. The van der Waals surface area contributed by atoms with Crippen LogP contribution in [0, 0.1) is 0 Å². The van der Waals surface area contributed by atoms with Crippen molar-refractivity contribution < 1.29 is 9.53 Å². The number of ether oxygens (including phenoxy) is 1. The van der Waals surface area contributed by atoms with Gasteiger partial charge in [0.1, 0.15) is 5.01 Å². The van der Waals surface area contributed by atoms with Gasteiger partial charge in [0.15, 0.2) is 0 Å². The van der Waals surface area contributed by atoms with Crippen molar-refractivity contribution in [1.29, 1.82) is 0 Å². The lowest BCUT2D eigenvalue weighted by Crippen LogP contribution is -2.36. The first-order valence-electron chi connectivity index (χ1n) is 8.26. The van der Waals surface area contributed by atoms with Crippen LogP contribution in [0.1, 0.15) is 24.4 Å². The molecule has 2 N–H and O–H groups in total. The van der Waals surface area contributed by atoms with Gasteiger partial charge in [0.25, 0.3) is 0 Å². The van der Waals surface area contributed by atoms with Gasteiger partial charge in [0, 0.05) is 30.4 Å². The number of carbonyl (C=O) groups is 1. The molecule has 1 aromatic carbocycles. The van der Waals surface area contributed by atoms with Crippen molar-refractivity contribution in [2.24, 2.45) is 0 Å². The van der Waals surface area contributed by atoms with Crippen molar-refractivity contribution in [2.45, 2.75) is 19.4 Å². The van der Waals surface area contributed by atoms with E-state index in [1.54, 1.807) is 12.3 Å². The molecule has 1 aliphatic rings. The lowest BCUT2D eigenvalue weighted by molar-refractivity contribution is 0.122. The molecule has 0 bridgehead atoms. The zero-order valence-corrected chi connectivity index (χ0v) is 15.6. The number of thiazole rings is 1. The second kappa shape index (κ2) is 8.51. The van der Waals surface area contributed by atoms with E-state index in [0.29, 0.717) is 23.9 Å². The van der Waals surface area contributed by atoms with Crippen LogP contribution in [0.5, 0.6) is 0 Å². The Morgan fingerprint density at radius 1 is 1.44 bits per heavy atom. The average molecular weight is 381 g/mol. The number of anilines is 2. The summed E-state index contributed by atoms with van der Waals surface area (Å²) in [6.07, 6.45) is 2.51. The Morgan fingerprint density at radius 2 is 2.24 bits per heavy atom. The van der Waals surface area contributed by atoms with Gasteiger partial charge in [0.05, 0.1) is 30.0 Å². The predicted octanol–water partition coefficient (Wildman–Crippen LogP) is 3.91. The molecule has 1 aliphatic heterocycles. The Balaban J connectivity index is 1.67. The molecule has 1 atom stereocenters. The Morgan fingerprint density at radius 3 is 2.92 bits per heavy atom. The highest BCUT2D eigenvalue weighted by Gasteiger charge is 2.17. The van der Waals surface area contributed by atoms with Gasteiger partial charge in [-0.25, -0.2) is 9.78 Å². The summed E-state index contributed by atoms with van der Waals surface area (Å²) in [4.78, 5) is 18.9. The number of aromatic nitrogens is 1. The second-order valence-corrected chi connectivity index (χ2v) is 7.03. The van der Waals surface area contributed by atoms with Crippen LogP contribution in [0.15, 0.2) is 29.8 Å². The predicted molar refractivity (Wildman–Crippen MR) is 102 cm³/mol. The molecule has 0 spiro atoms. The standard InChI is InChI=1S/C17H21ClN4O2S/c1-2-14(16-19-5-10-25-16)20-17(23)21-15-11-12(3-4-13(15)18)22-6-8-24-9-7-22/h3-5,10-11,14H,2,6-9H2,1H3,(H2,20,21,23). The zero-order valence-electron chi connectivity index (χ0n) is 14.0. The van der Waals surface area contributed by atoms with Gasteiger partial charge in [-0.3, -0.25) is 0 Å². The van der Waals surface area contributed by atoms with Crippen molar-refractivity contribution in [1.82, 2.24) is 10.3 Å². The first kappa shape index (κ1) is 18.0. The number of nitrogens with one attached hydrogen (secondary N) is 2. The third kappa shape index (κ3) is 4.62. The molecule has 0 aliphatic carbocycles. The Labute approximate surface area is 156 Å². The summed E-state index contributed by atoms with van der Waals surface area (Å²) in [6, 6.07) is 5.27. The third-order valence-corrected chi connectivity index (χ3v) is 5.26. The van der Waals surface area contributed by atoms with Gasteiger partial charge in [-0.1, -0.05) is 18.5 Å². The fraction of sp³-hybridized carbons (Fsp3) is 0.412. The number of rotatable bonds is 5. The van der Waals surface area contributed by atoms with Gasteiger partial charge in [-0.2, -0.15) is 0 Å². The summed E-state index contributed by atoms with van der Waals surface area (Å²) in [7, 11) is 0. The summed E-state index contributed by atoms with van der Waals surface area (Å²) in [5.74, 6) is 0. The van der Waals surface area contributed by atoms with Crippen molar-refractivity contribution in [2.75, 3.05) is 36.5 Å². The molecule has 25 heavy (non-hydrogen) atoms. The van der Waals surface area contributed by atoms with Gasteiger partial charge in [-0.05, 0) is 24.6 Å². The first-order valence-corrected chi connectivity index (χ1v) is 9.52. The number of urea groups is 1. The van der Waals surface area contributed by atoms with Crippen molar-refractivity contribution in [3.8, 4) is 0 Å². The van der Waals surface area contributed by atoms with Crippen LogP contribution < -0.4 is 15.5 Å². The zero-order chi connectivity index (χ0) is 17.6. The fourth-order valence-electron chi connectivity index (χ4n) is 2.69. The van der Waals surface area contributed by atoms with Crippen LogP contribution >= 0.6 is 22.9 Å². The molecule has 8 heteroatoms. The third-order valence-electron chi connectivity index (χ3n) is 4.04. The monoisotopic (exact) mass is 380 g/mol. The SMILES string of the molecule is CCC(NC(=O)Nc1cc(N2CCOCC2)ccc1Cl)c1nccs1. The number of benzene rings is 1. The molecule has 2 aromatic rings. The van der Waals surface area contributed by atoms with E-state index in [0.717, 1.165) is 30.2 Å². The topological polar surface area (TPSA) is 66.5 Å². The van der Waals surface area contributed by atoms with Crippen LogP contribution in [0.4, 0.5) is 16.2 Å². The molecule has 0 saturated carbocycles. The minimum Gasteiger partial charge on any atom is -0.378 e. The van der Waals surface area contributed by atoms with Crippen LogP contribution in [0.2, 0.25) is 5.02 Å². The molecule has 1 fully saturated rings. The quantitative estimate of drug-likeness (QED) is 0.825. The summed E-state index contributed by atoms with van der Waals surface area (Å²) in [5, 5.41) is 9.11. The molecule has 6 nitrogen and oxygen atoms in total. The first-order chi connectivity index (χ1) is 12.2. The van der Waals surface area contributed by atoms with Gasteiger partial charge in [-0.15, -0.1) is 11.3 Å². The minimum atomic E-state index is -0.289. The summed E-state index contributed by atoms with van der Waals surface area (Å²) in [6.45, 7) is 5.08. The Bertz CT molecular complexity index is 705. The Hall–Kier alpha value is -1.83.